The number of nitrogen functional groups attached to an aromatic ring is 1. The maximum atomic E-state index is 5.91. The van der Waals surface area contributed by atoms with Gasteiger partial charge in [0.15, 0.2) is 0 Å². The van der Waals surface area contributed by atoms with Crippen LogP contribution in [0.15, 0.2) is 6.33 Å². The lowest BCUT2D eigenvalue weighted by atomic mass is 9.78. The molecule has 4 nitrogen and oxygen atoms in total. The lowest BCUT2D eigenvalue weighted by Gasteiger charge is -2.35. The van der Waals surface area contributed by atoms with Crippen molar-refractivity contribution >= 4 is 11.6 Å². The highest BCUT2D eigenvalue weighted by Crippen LogP contribution is 2.32. The van der Waals surface area contributed by atoms with Crippen molar-refractivity contribution in [1.29, 1.82) is 0 Å². The molecule has 3 atom stereocenters. The molecule has 0 aromatic carbocycles. The van der Waals surface area contributed by atoms with Gasteiger partial charge >= 0.3 is 0 Å². The Kier molecular flexibility index (Phi) is 4.04. The Morgan fingerprint density at radius 2 is 2.11 bits per heavy atom. The molecule has 1 aromatic rings. The molecule has 0 aliphatic heterocycles. The maximum absolute atomic E-state index is 5.91. The van der Waals surface area contributed by atoms with Gasteiger partial charge < -0.3 is 11.1 Å². The van der Waals surface area contributed by atoms with Crippen molar-refractivity contribution < 1.29 is 0 Å². The second kappa shape index (κ2) is 5.55. The second-order valence-electron chi connectivity index (χ2n) is 5.46. The zero-order valence-corrected chi connectivity index (χ0v) is 11.6. The van der Waals surface area contributed by atoms with Crippen LogP contribution >= 0.6 is 0 Å². The maximum Gasteiger partial charge on any atom is 0.134 e. The van der Waals surface area contributed by atoms with E-state index >= 15 is 0 Å². The highest BCUT2D eigenvalue weighted by Gasteiger charge is 2.27. The normalized spacial score (nSPS) is 28.1. The van der Waals surface area contributed by atoms with Gasteiger partial charge in [-0.3, -0.25) is 0 Å². The van der Waals surface area contributed by atoms with E-state index in [-0.39, 0.29) is 0 Å². The van der Waals surface area contributed by atoms with Crippen molar-refractivity contribution in [1.82, 2.24) is 9.97 Å². The van der Waals surface area contributed by atoms with Gasteiger partial charge in [-0.1, -0.05) is 33.6 Å². The summed E-state index contributed by atoms with van der Waals surface area (Å²) in [6.07, 6.45) is 6.27. The topological polar surface area (TPSA) is 63.8 Å². The van der Waals surface area contributed by atoms with Gasteiger partial charge in [-0.2, -0.15) is 0 Å². The quantitative estimate of drug-likeness (QED) is 0.863. The third kappa shape index (κ3) is 2.57. The summed E-state index contributed by atoms with van der Waals surface area (Å²) in [5, 5.41) is 3.59. The van der Waals surface area contributed by atoms with E-state index in [4.69, 9.17) is 5.73 Å². The fraction of sp³-hybridized carbons (Fsp3) is 0.714. The fourth-order valence-corrected chi connectivity index (χ4v) is 2.86. The number of aromatic nitrogens is 2. The summed E-state index contributed by atoms with van der Waals surface area (Å²) >= 11 is 0. The Labute approximate surface area is 109 Å². The predicted molar refractivity (Wildman–Crippen MR) is 75.4 cm³/mol. The van der Waals surface area contributed by atoms with E-state index in [0.29, 0.717) is 17.8 Å². The lowest BCUT2D eigenvalue weighted by Crippen LogP contribution is -2.35. The van der Waals surface area contributed by atoms with Crippen molar-refractivity contribution in [3.63, 3.8) is 0 Å². The molecule has 1 fully saturated rings. The molecule has 0 saturated heterocycles. The van der Waals surface area contributed by atoms with Crippen LogP contribution in [0.3, 0.4) is 0 Å². The molecule has 0 spiro atoms. The van der Waals surface area contributed by atoms with Crippen LogP contribution in [0.1, 0.15) is 45.6 Å². The Bertz CT molecular complexity index is 405. The molecule has 4 heteroatoms. The van der Waals surface area contributed by atoms with Crippen molar-refractivity contribution in [2.24, 2.45) is 11.8 Å². The Morgan fingerprint density at radius 3 is 2.83 bits per heavy atom. The molecule has 100 valence electrons. The standard InChI is InChI=1S/C14H24N4/c1-4-11-13(15)16-8-17-14(11)18-12-7-5-6-9(2)10(12)3/h8-10,12H,4-7H2,1-3H3,(H3,15,16,17,18). The summed E-state index contributed by atoms with van der Waals surface area (Å²) < 4.78 is 0. The highest BCUT2D eigenvalue weighted by atomic mass is 15.1. The number of anilines is 2. The van der Waals surface area contributed by atoms with Crippen LogP contribution in [0.25, 0.3) is 0 Å². The number of nitrogens with one attached hydrogen (secondary N) is 1. The molecular weight excluding hydrogens is 224 g/mol. The molecule has 18 heavy (non-hydrogen) atoms. The molecule has 0 radical (unpaired) electrons. The molecule has 3 unspecified atom stereocenters. The van der Waals surface area contributed by atoms with E-state index in [1.807, 2.05) is 0 Å². The minimum absolute atomic E-state index is 0.508. The van der Waals surface area contributed by atoms with Crippen molar-refractivity contribution in [3.05, 3.63) is 11.9 Å². The van der Waals surface area contributed by atoms with Crippen LogP contribution in [0, 0.1) is 11.8 Å². The molecule has 0 amide bonds. The average molecular weight is 248 g/mol. The Morgan fingerprint density at radius 1 is 1.33 bits per heavy atom. The van der Waals surface area contributed by atoms with Gasteiger partial charge in [0.05, 0.1) is 0 Å². The highest BCUT2D eigenvalue weighted by molar-refractivity contribution is 5.55. The second-order valence-corrected chi connectivity index (χ2v) is 5.46. The first-order valence-electron chi connectivity index (χ1n) is 6.99. The van der Waals surface area contributed by atoms with Crippen LogP contribution in [0.4, 0.5) is 11.6 Å². The van der Waals surface area contributed by atoms with E-state index in [1.165, 1.54) is 19.3 Å². The zero-order valence-electron chi connectivity index (χ0n) is 11.6. The van der Waals surface area contributed by atoms with Crippen LogP contribution in [-0.2, 0) is 6.42 Å². The molecule has 1 saturated carbocycles. The third-order valence-electron chi connectivity index (χ3n) is 4.36. The summed E-state index contributed by atoms with van der Waals surface area (Å²) in [4.78, 5) is 8.43. The first-order valence-corrected chi connectivity index (χ1v) is 6.99. The molecule has 0 bridgehead atoms. The van der Waals surface area contributed by atoms with E-state index in [0.717, 1.165) is 23.7 Å². The molecule has 1 aliphatic carbocycles. The summed E-state index contributed by atoms with van der Waals surface area (Å²) in [5.41, 5.74) is 6.95. The number of hydrogen-bond donors (Lipinski definition) is 2. The monoisotopic (exact) mass is 248 g/mol. The summed E-state index contributed by atoms with van der Waals surface area (Å²) in [6.45, 7) is 6.76. The van der Waals surface area contributed by atoms with Gasteiger partial charge in [-0.25, -0.2) is 9.97 Å². The Hall–Kier alpha value is -1.32. The average Bonchev–Trinajstić information content (AvgIpc) is 2.35. The minimum atomic E-state index is 0.508. The lowest BCUT2D eigenvalue weighted by molar-refractivity contribution is 0.253. The van der Waals surface area contributed by atoms with Crippen LogP contribution in [-0.4, -0.2) is 16.0 Å². The van der Waals surface area contributed by atoms with Gasteiger partial charge in [-0.15, -0.1) is 0 Å². The van der Waals surface area contributed by atoms with Gasteiger partial charge in [0.1, 0.15) is 18.0 Å². The van der Waals surface area contributed by atoms with Crippen molar-refractivity contribution in [2.75, 3.05) is 11.1 Å². The predicted octanol–water partition coefficient (Wildman–Crippen LogP) is 2.86. The molecule has 1 heterocycles. The number of hydrogen-bond acceptors (Lipinski definition) is 4. The van der Waals surface area contributed by atoms with Gasteiger partial charge in [-0.05, 0) is 24.7 Å². The minimum Gasteiger partial charge on any atom is -0.383 e. The largest absolute Gasteiger partial charge is 0.383 e. The van der Waals surface area contributed by atoms with E-state index in [9.17, 15) is 0 Å². The first-order chi connectivity index (χ1) is 8.63. The molecule has 1 aromatic heterocycles. The van der Waals surface area contributed by atoms with Gasteiger partial charge in [0.2, 0.25) is 0 Å². The number of nitrogens with zero attached hydrogens (tertiary/aromatic N) is 2. The molecule has 1 aliphatic rings. The van der Waals surface area contributed by atoms with E-state index in [2.05, 4.69) is 36.1 Å². The molecule has 3 N–H and O–H groups in total. The number of nitrogens with two attached hydrogens (primary N) is 1. The van der Waals surface area contributed by atoms with Gasteiger partial charge in [0, 0.05) is 11.6 Å². The SMILES string of the molecule is CCc1c(N)ncnc1NC1CCCC(C)C1C. The Balaban J connectivity index is 2.16. The zero-order chi connectivity index (χ0) is 13.1. The summed E-state index contributed by atoms with van der Waals surface area (Å²) in [5.74, 6) is 2.99. The first kappa shape index (κ1) is 13.1. The van der Waals surface area contributed by atoms with Crippen LogP contribution in [0.2, 0.25) is 0 Å². The summed E-state index contributed by atoms with van der Waals surface area (Å²) in [7, 11) is 0. The van der Waals surface area contributed by atoms with Crippen LogP contribution < -0.4 is 11.1 Å². The van der Waals surface area contributed by atoms with Crippen molar-refractivity contribution in [2.45, 2.75) is 52.5 Å². The van der Waals surface area contributed by atoms with E-state index < -0.39 is 0 Å². The van der Waals surface area contributed by atoms with Crippen molar-refractivity contribution in [3.8, 4) is 0 Å². The van der Waals surface area contributed by atoms with Gasteiger partial charge in [0.25, 0.3) is 0 Å². The molecular formula is C14H24N4. The fourth-order valence-electron chi connectivity index (χ4n) is 2.86. The third-order valence-corrected chi connectivity index (χ3v) is 4.36. The smallest absolute Gasteiger partial charge is 0.134 e. The number of rotatable bonds is 3. The van der Waals surface area contributed by atoms with E-state index in [1.54, 1.807) is 6.33 Å². The summed E-state index contributed by atoms with van der Waals surface area (Å²) in [6, 6.07) is 0.508. The van der Waals surface area contributed by atoms with Crippen LogP contribution in [0.5, 0.6) is 0 Å². The molecule has 2 rings (SSSR count).